The van der Waals surface area contributed by atoms with E-state index in [1.165, 1.54) is 0 Å². The summed E-state index contributed by atoms with van der Waals surface area (Å²) in [6, 6.07) is 12.6. The van der Waals surface area contributed by atoms with Crippen molar-refractivity contribution in [2.75, 3.05) is 11.9 Å². The van der Waals surface area contributed by atoms with Gasteiger partial charge in [0.1, 0.15) is 11.5 Å². The van der Waals surface area contributed by atoms with E-state index in [-0.39, 0.29) is 5.75 Å². The summed E-state index contributed by atoms with van der Waals surface area (Å²) in [5, 5.41) is 19.0. The van der Waals surface area contributed by atoms with Crippen LogP contribution >= 0.6 is 12.2 Å². The highest BCUT2D eigenvalue weighted by atomic mass is 32.1. The Labute approximate surface area is 180 Å². The number of aromatic nitrogens is 2. The minimum absolute atomic E-state index is 0.242. The van der Waals surface area contributed by atoms with Gasteiger partial charge in [0.05, 0.1) is 12.8 Å². The molecule has 2 heterocycles. The molecule has 3 rings (SSSR count). The van der Waals surface area contributed by atoms with E-state index in [9.17, 15) is 5.11 Å². The smallest absolute Gasteiger partial charge is 0.229 e. The Kier molecular flexibility index (Phi) is 7.34. The molecule has 0 spiro atoms. The van der Waals surface area contributed by atoms with Crippen LogP contribution in [0.1, 0.15) is 22.7 Å². The Hall–Kier alpha value is -3.46. The molecule has 3 aromatic rings. The Balaban J connectivity index is 1.66. The SMILES string of the molecule is Cc1cc(C)nc(NC(=NCCc2ccc(O)cc2)NC(=S)NCc2ccco2)n1. The zero-order chi connectivity index (χ0) is 21.3. The van der Waals surface area contributed by atoms with Gasteiger partial charge in [-0.1, -0.05) is 12.1 Å². The number of hydrogen-bond acceptors (Lipinski definition) is 6. The molecule has 4 N–H and O–H groups in total. The quantitative estimate of drug-likeness (QED) is 0.272. The maximum absolute atomic E-state index is 9.41. The Morgan fingerprint density at radius 2 is 1.87 bits per heavy atom. The van der Waals surface area contributed by atoms with Crippen LogP contribution in [0, 0.1) is 13.8 Å². The number of furan rings is 1. The van der Waals surface area contributed by atoms with Crippen molar-refractivity contribution >= 4 is 29.2 Å². The van der Waals surface area contributed by atoms with Gasteiger partial charge in [-0.2, -0.15) is 0 Å². The summed E-state index contributed by atoms with van der Waals surface area (Å²) in [6.07, 6.45) is 2.32. The predicted molar refractivity (Wildman–Crippen MR) is 121 cm³/mol. The molecule has 9 heteroatoms. The van der Waals surface area contributed by atoms with Gasteiger partial charge in [-0.05, 0) is 68.4 Å². The average molecular weight is 425 g/mol. The number of anilines is 1. The molecule has 0 unspecified atom stereocenters. The van der Waals surface area contributed by atoms with Crippen molar-refractivity contribution in [1.29, 1.82) is 0 Å². The first-order valence-corrected chi connectivity index (χ1v) is 9.87. The van der Waals surface area contributed by atoms with E-state index in [1.54, 1.807) is 18.4 Å². The lowest BCUT2D eigenvalue weighted by Gasteiger charge is -2.14. The van der Waals surface area contributed by atoms with Crippen LogP contribution in [-0.4, -0.2) is 32.7 Å². The van der Waals surface area contributed by atoms with E-state index in [1.807, 2.05) is 44.2 Å². The van der Waals surface area contributed by atoms with Crippen LogP contribution in [0.4, 0.5) is 5.95 Å². The van der Waals surface area contributed by atoms with Crippen molar-refractivity contribution < 1.29 is 9.52 Å². The second-order valence-electron chi connectivity index (χ2n) is 6.63. The Bertz CT molecular complexity index is 983. The standard InChI is InChI=1S/C21H24N6O2S/c1-14-12-15(2)25-20(24-14)26-19(22-10-9-16-5-7-17(28)8-6-16)27-21(30)23-13-18-4-3-11-29-18/h3-8,11-12,28H,9-10,13H2,1-2H3,(H3,22,23,24,25,26,27,30). The zero-order valence-electron chi connectivity index (χ0n) is 16.8. The maximum Gasteiger partial charge on any atom is 0.229 e. The predicted octanol–water partition coefficient (Wildman–Crippen LogP) is 3.07. The average Bonchev–Trinajstić information content (AvgIpc) is 3.21. The van der Waals surface area contributed by atoms with Crippen LogP contribution in [0.25, 0.3) is 0 Å². The number of guanidine groups is 1. The molecule has 0 saturated carbocycles. The summed E-state index contributed by atoms with van der Waals surface area (Å²) in [4.78, 5) is 13.4. The molecular formula is C21H24N6O2S. The van der Waals surface area contributed by atoms with E-state index in [0.29, 0.717) is 36.5 Å². The molecule has 0 aliphatic rings. The lowest BCUT2D eigenvalue weighted by atomic mass is 10.1. The molecule has 0 bridgehead atoms. The highest BCUT2D eigenvalue weighted by molar-refractivity contribution is 7.80. The van der Waals surface area contributed by atoms with Crippen molar-refractivity contribution in [3.8, 4) is 5.75 Å². The molecule has 0 radical (unpaired) electrons. The van der Waals surface area contributed by atoms with Crippen LogP contribution in [0.2, 0.25) is 0 Å². The van der Waals surface area contributed by atoms with Gasteiger partial charge in [-0.15, -0.1) is 0 Å². The molecule has 2 aromatic heterocycles. The summed E-state index contributed by atoms with van der Waals surface area (Å²) in [5.74, 6) is 1.90. The first-order chi connectivity index (χ1) is 14.5. The molecule has 0 fully saturated rings. The van der Waals surface area contributed by atoms with Crippen molar-refractivity contribution in [2.45, 2.75) is 26.8 Å². The third-order valence-corrected chi connectivity index (χ3v) is 4.30. The fourth-order valence-electron chi connectivity index (χ4n) is 2.69. The molecule has 1 aromatic carbocycles. The first kappa shape index (κ1) is 21.3. The molecule has 8 nitrogen and oxygen atoms in total. The maximum atomic E-state index is 9.41. The molecule has 156 valence electrons. The molecular weight excluding hydrogens is 400 g/mol. The van der Waals surface area contributed by atoms with Crippen LogP contribution in [0.5, 0.6) is 5.75 Å². The molecule has 0 amide bonds. The number of phenols is 1. The number of nitrogens with one attached hydrogen (secondary N) is 3. The van der Waals surface area contributed by atoms with Gasteiger partial charge in [0.2, 0.25) is 11.9 Å². The summed E-state index contributed by atoms with van der Waals surface area (Å²) in [5.41, 5.74) is 2.77. The number of phenolic OH excluding ortho intramolecular Hbond substituents is 1. The molecule has 0 aliphatic heterocycles. The lowest BCUT2D eigenvalue weighted by Crippen LogP contribution is -2.42. The Morgan fingerprint density at radius 1 is 1.13 bits per heavy atom. The molecule has 30 heavy (non-hydrogen) atoms. The largest absolute Gasteiger partial charge is 0.508 e. The van der Waals surface area contributed by atoms with Crippen LogP contribution < -0.4 is 16.0 Å². The van der Waals surface area contributed by atoms with Gasteiger partial charge in [0.15, 0.2) is 5.11 Å². The van der Waals surface area contributed by atoms with E-state index in [4.69, 9.17) is 16.6 Å². The number of benzene rings is 1. The minimum Gasteiger partial charge on any atom is -0.508 e. The molecule has 0 aliphatic carbocycles. The normalized spacial score (nSPS) is 11.2. The number of aryl methyl sites for hydroxylation is 2. The highest BCUT2D eigenvalue weighted by Crippen LogP contribution is 2.10. The summed E-state index contributed by atoms with van der Waals surface area (Å²) >= 11 is 5.38. The van der Waals surface area contributed by atoms with Gasteiger partial charge in [0, 0.05) is 17.9 Å². The number of thiocarbonyl (C=S) groups is 1. The van der Waals surface area contributed by atoms with E-state index in [0.717, 1.165) is 22.7 Å². The van der Waals surface area contributed by atoms with Gasteiger partial charge in [0.25, 0.3) is 0 Å². The summed E-state index contributed by atoms with van der Waals surface area (Å²) < 4.78 is 5.30. The zero-order valence-corrected chi connectivity index (χ0v) is 17.7. The number of aliphatic imine (C=N–C) groups is 1. The third kappa shape index (κ3) is 6.85. The fourth-order valence-corrected chi connectivity index (χ4v) is 2.86. The van der Waals surface area contributed by atoms with Crippen LogP contribution in [0.3, 0.4) is 0 Å². The molecule has 0 saturated heterocycles. The minimum atomic E-state index is 0.242. The monoisotopic (exact) mass is 424 g/mol. The first-order valence-electron chi connectivity index (χ1n) is 9.47. The summed E-state index contributed by atoms with van der Waals surface area (Å²) in [7, 11) is 0. The van der Waals surface area contributed by atoms with Gasteiger partial charge < -0.3 is 20.2 Å². The lowest BCUT2D eigenvalue weighted by molar-refractivity contribution is 0.475. The van der Waals surface area contributed by atoms with E-state index < -0.39 is 0 Å². The number of nitrogens with zero attached hydrogens (tertiary/aromatic N) is 3. The van der Waals surface area contributed by atoms with Gasteiger partial charge in [-0.25, -0.2) is 9.97 Å². The third-order valence-electron chi connectivity index (χ3n) is 4.05. The second-order valence-corrected chi connectivity index (χ2v) is 7.04. The Morgan fingerprint density at radius 3 is 2.53 bits per heavy atom. The molecule has 0 atom stereocenters. The fraction of sp³-hybridized carbons (Fsp3) is 0.238. The van der Waals surface area contributed by atoms with Crippen molar-refractivity contribution in [1.82, 2.24) is 20.6 Å². The van der Waals surface area contributed by atoms with Crippen LogP contribution in [-0.2, 0) is 13.0 Å². The van der Waals surface area contributed by atoms with Gasteiger partial charge >= 0.3 is 0 Å². The second kappa shape index (κ2) is 10.4. The van der Waals surface area contributed by atoms with Crippen molar-refractivity contribution in [3.63, 3.8) is 0 Å². The van der Waals surface area contributed by atoms with Crippen LogP contribution in [0.15, 0.2) is 58.1 Å². The number of rotatable bonds is 6. The highest BCUT2D eigenvalue weighted by Gasteiger charge is 2.07. The van der Waals surface area contributed by atoms with Crippen molar-refractivity contribution in [2.24, 2.45) is 4.99 Å². The van der Waals surface area contributed by atoms with E-state index in [2.05, 4.69) is 30.9 Å². The number of aromatic hydroxyl groups is 1. The van der Waals surface area contributed by atoms with E-state index >= 15 is 0 Å². The van der Waals surface area contributed by atoms with Gasteiger partial charge in [-0.3, -0.25) is 10.3 Å². The summed E-state index contributed by atoms with van der Waals surface area (Å²) in [6.45, 7) is 4.78. The topological polar surface area (TPSA) is 108 Å². The van der Waals surface area contributed by atoms with Crippen molar-refractivity contribution in [3.05, 3.63) is 71.4 Å². The number of hydrogen-bond donors (Lipinski definition) is 4.